The number of isothiocyanates is 1. The quantitative estimate of drug-likeness (QED) is 0.00346. The van der Waals surface area contributed by atoms with Crippen LogP contribution < -0.4 is 154 Å². The van der Waals surface area contributed by atoms with Gasteiger partial charge in [0.15, 0.2) is 38.3 Å². The molecule has 586 valence electrons. The maximum absolute atomic E-state index is 12.5. The van der Waals surface area contributed by atoms with Crippen LogP contribution in [0.4, 0.5) is 11.4 Å². The minimum absolute atomic E-state index is 0. The summed E-state index contributed by atoms with van der Waals surface area (Å²) in [5, 5.41) is 38.0. The number of benzene rings is 6. The van der Waals surface area contributed by atoms with E-state index in [0.717, 1.165) is 62.7 Å². The molecule has 0 aliphatic carbocycles. The number of aromatic nitrogens is 10. The minimum Gasteiger partial charge on any atom is -1.00 e. The number of halogens is 1. The molecule has 0 unspecified atom stereocenters. The fourth-order valence-corrected chi connectivity index (χ4v) is 9.85. The summed E-state index contributed by atoms with van der Waals surface area (Å²) in [6.45, 7) is 9.75. The van der Waals surface area contributed by atoms with Gasteiger partial charge in [-0.3, -0.25) is 74.4 Å². The van der Waals surface area contributed by atoms with Crippen molar-refractivity contribution in [1.82, 2.24) is 65.7 Å². The van der Waals surface area contributed by atoms with Crippen molar-refractivity contribution in [2.45, 2.75) is 39.8 Å². The van der Waals surface area contributed by atoms with Gasteiger partial charge in [0.2, 0.25) is 0 Å². The first-order valence-corrected chi connectivity index (χ1v) is 36.3. The van der Waals surface area contributed by atoms with E-state index in [1.165, 1.54) is 24.2 Å². The number of thioether (sulfide) groups is 1. The molecule has 28 nitrogen and oxygen atoms in total. The Hall–Kier alpha value is -9.35. The molecule has 6 aromatic carbocycles. The Bertz CT molecular complexity index is 4720. The molecule has 0 saturated heterocycles. The number of hydrogen-bond donors (Lipinski definition) is 7. The zero-order valence-electron chi connectivity index (χ0n) is 65.4. The molecule has 0 aliphatic rings. The molecule has 114 heavy (non-hydrogen) atoms. The third-order valence-corrected chi connectivity index (χ3v) is 15.2. The molecule has 2 amide bonds. The van der Waals surface area contributed by atoms with Gasteiger partial charge in [-0.2, -0.15) is 10.1 Å². The second-order valence-corrected chi connectivity index (χ2v) is 22.5. The first kappa shape index (κ1) is 103. The monoisotopic (exact) mass is 1690 g/mol. The van der Waals surface area contributed by atoms with E-state index in [-0.39, 0.29) is 157 Å². The standard InChI is InChI=1S/C22H18N4O2S.C14H14N4O2S.C14H12N4OS.C8H7ClO.C8H7NOS.C6H7N3O.C2H6O.2C2H6.CH2O3.2K.H/c1-28-19-9-7-18(8-10-19)26-21(17-11-13-23-14-12-17)24-25-22(26)29-15-20(27)16-5-3-2-4-6-16;1-20-12-4-2-11(3-5-12)16-14(21)18-17-13(19)10-6-8-15-9-7-10;1-19-12-4-2-11(3-5-12)18-13(16-17-14(18)20)10-6-8-15-9-7-10;9-6-8(10)7-4-2-1-3-5-7;1-10-8-4-2-7(3-5-8)9-6-11;7-9-6(10)5-1-3-8-4-2-5;1-2-3;2*1-2;2-1-4-3;;;/h2-14H,15H2,1H3;2-9H,1H3,(H,17,19)(H2,16,18,21);2-9H,1H3,(H,17,20);1-5H,6H2;2-5H,1H3;1-4H,7H2,(H,9,10);3H,2H2,1H3;2*1-2H3;1,3H;;;/q;;;;;;;;;;2*+1;-1/p-1. The summed E-state index contributed by atoms with van der Waals surface area (Å²) in [6, 6.07) is 62.0. The summed E-state index contributed by atoms with van der Waals surface area (Å²) in [7, 11) is 6.49. The average molecular weight is 1690 g/mol. The topological polar surface area (TPSA) is 377 Å². The van der Waals surface area contributed by atoms with Crippen molar-refractivity contribution in [2.24, 2.45) is 10.8 Å². The summed E-state index contributed by atoms with van der Waals surface area (Å²) >= 11 is 21.5. The van der Waals surface area contributed by atoms with E-state index in [0.29, 0.717) is 38.0 Å². The third-order valence-electron chi connectivity index (χ3n) is 13.4. The van der Waals surface area contributed by atoms with E-state index < -0.39 is 0 Å². The number of nitrogens with one attached hydrogen (secondary N) is 5. The number of aliphatic imine (C=N–C) groups is 1. The predicted molar refractivity (Wildman–Crippen MR) is 444 cm³/mol. The summed E-state index contributed by atoms with van der Waals surface area (Å²) in [5.41, 5.74) is 14.7. The molecular formula is C79H85ClK2N16O12S4. The van der Waals surface area contributed by atoms with Crippen molar-refractivity contribution in [3.05, 3.63) is 283 Å². The molecule has 8 N–H and O–H groups in total. The fourth-order valence-electron chi connectivity index (χ4n) is 8.34. The number of anilines is 1. The maximum Gasteiger partial charge on any atom is 1.00 e. The average Bonchev–Trinajstić information content (AvgIpc) is 1.68. The van der Waals surface area contributed by atoms with Crippen LogP contribution in [0.1, 0.15) is 77.5 Å². The number of pyridine rings is 4. The number of H-pyrrole nitrogens is 1. The number of nitrogen functional groups attached to an aromatic ring is 1. The van der Waals surface area contributed by atoms with Gasteiger partial charge in [0.25, 0.3) is 18.3 Å². The van der Waals surface area contributed by atoms with Crippen LogP contribution >= 0.6 is 60.0 Å². The van der Waals surface area contributed by atoms with Crippen LogP contribution in [0.25, 0.3) is 34.2 Å². The number of hydrogen-bond acceptors (Lipinski definition) is 25. The zero-order chi connectivity index (χ0) is 82.1. The van der Waals surface area contributed by atoms with Gasteiger partial charge >= 0.3 is 103 Å². The molecule has 6 aromatic heterocycles. The SMILES string of the molecule is CC.CC.CCO.COc1ccc(-n2c(-c3ccncc3)n[nH]c2=S)cc1.COc1ccc(-n2c(SCC(=O)c3ccccc3)nnc2-c2ccncc2)cc1.COc1ccc(N=C=S)cc1.COc1ccc(NC(=S)NNC(=O)c2ccncc2)cc1.NNC(=O)c1ccncc1.O=C(CCl)c1ccccc1.O=CO[O-].[H-].[K+].[K+]. The van der Waals surface area contributed by atoms with E-state index in [4.69, 9.17) is 76.0 Å². The normalized spacial score (nSPS) is 9.17. The number of rotatable bonds is 19. The van der Waals surface area contributed by atoms with Crippen LogP contribution in [0.5, 0.6) is 23.0 Å². The molecule has 35 heteroatoms. The zero-order valence-corrected chi connectivity index (χ0v) is 74.7. The number of carbonyl (C=O) groups excluding carboxylic acids is 5. The van der Waals surface area contributed by atoms with Crippen LogP contribution in [0, 0.1) is 4.77 Å². The molecule has 0 atom stereocenters. The summed E-state index contributed by atoms with van der Waals surface area (Å²) in [4.78, 5) is 76.6. The number of ether oxygens (including phenoxy) is 4. The Balaban J connectivity index is 0.00000136. The van der Waals surface area contributed by atoms with Crippen molar-refractivity contribution < 1.29 is 162 Å². The number of nitrogens with two attached hydrogens (primary N) is 1. The van der Waals surface area contributed by atoms with Gasteiger partial charge in [-0.25, -0.2) is 5.84 Å². The Morgan fingerprint density at radius 1 is 0.579 bits per heavy atom. The number of thiocarbonyl (C=S) groups is 2. The van der Waals surface area contributed by atoms with Crippen LogP contribution in [-0.4, -0.2) is 141 Å². The summed E-state index contributed by atoms with van der Waals surface area (Å²) in [5.74, 6) is 9.21. The minimum atomic E-state index is -0.303. The number of nitrogens with zero attached hydrogens (tertiary/aromatic N) is 10. The van der Waals surface area contributed by atoms with Crippen molar-refractivity contribution in [1.29, 1.82) is 0 Å². The number of ketones is 2. The first-order valence-electron chi connectivity index (χ1n) is 33.6. The molecule has 0 spiro atoms. The summed E-state index contributed by atoms with van der Waals surface area (Å²) < 4.78 is 24.8. The van der Waals surface area contributed by atoms with Crippen LogP contribution in [-0.2, 0) is 9.68 Å². The molecule has 6 heterocycles. The van der Waals surface area contributed by atoms with E-state index in [1.807, 2.05) is 200 Å². The molecular weight excluding hydrogens is 1610 g/mol. The Morgan fingerprint density at radius 2 is 0.965 bits per heavy atom. The molecule has 0 saturated carbocycles. The smallest absolute Gasteiger partial charge is 1.00 e. The van der Waals surface area contributed by atoms with E-state index in [9.17, 15) is 19.2 Å². The summed E-state index contributed by atoms with van der Waals surface area (Å²) in [6.07, 6.45) is 13.0. The van der Waals surface area contributed by atoms with Crippen LogP contribution in [0.2, 0.25) is 0 Å². The molecule has 12 rings (SSSR count). The Labute approximate surface area is 773 Å². The van der Waals surface area contributed by atoms with Gasteiger partial charge < -0.3 is 40.9 Å². The fraction of sp³-hybridized carbons (Fsp3) is 0.152. The Kier molecular flexibility index (Phi) is 56.8. The van der Waals surface area contributed by atoms with Crippen LogP contribution in [0.15, 0.2) is 266 Å². The number of aliphatic hydroxyl groups excluding tert-OH is 1. The number of aromatic amines is 1. The molecule has 0 radical (unpaired) electrons. The number of aliphatic hydroxyl groups is 1. The number of amides is 2. The van der Waals surface area contributed by atoms with Gasteiger partial charge in [-0.05, 0) is 189 Å². The third kappa shape index (κ3) is 38.2. The number of hydrazine groups is 2. The van der Waals surface area contributed by atoms with E-state index in [2.05, 4.69) is 83.8 Å². The first-order chi connectivity index (χ1) is 54.6. The molecule has 0 fully saturated rings. The maximum atomic E-state index is 12.5. The van der Waals surface area contributed by atoms with Crippen molar-refractivity contribution >= 4 is 112 Å². The van der Waals surface area contributed by atoms with E-state index >= 15 is 0 Å². The molecule has 0 bridgehead atoms. The van der Waals surface area contributed by atoms with Gasteiger partial charge in [0, 0.05) is 101 Å². The second kappa shape index (κ2) is 63.0. The molecule has 0 aliphatic heterocycles. The number of methoxy groups -OCH3 is 4. The van der Waals surface area contributed by atoms with Crippen molar-refractivity contribution in [3.8, 4) is 57.1 Å². The molecule has 12 aromatic rings. The van der Waals surface area contributed by atoms with Crippen molar-refractivity contribution in [2.75, 3.05) is 52.0 Å². The Morgan fingerprint density at radius 3 is 1.37 bits per heavy atom. The number of carbonyl (C=O) groups is 5. The number of alkyl halides is 1. The van der Waals surface area contributed by atoms with Crippen LogP contribution in [0.3, 0.4) is 0 Å². The van der Waals surface area contributed by atoms with E-state index in [1.54, 1.807) is 121 Å². The van der Waals surface area contributed by atoms with Gasteiger partial charge in [-0.1, -0.05) is 100 Å². The predicted octanol–water partition coefficient (Wildman–Crippen LogP) is 7.86. The van der Waals surface area contributed by atoms with Gasteiger partial charge in [0.1, 0.15) is 23.0 Å². The largest absolute Gasteiger partial charge is 1.00 e. The van der Waals surface area contributed by atoms with Gasteiger partial charge in [-0.15, -0.1) is 21.8 Å². The second-order valence-electron chi connectivity index (χ2n) is 20.3. The van der Waals surface area contributed by atoms with Crippen molar-refractivity contribution in [3.63, 3.8) is 0 Å². The van der Waals surface area contributed by atoms with Gasteiger partial charge in [0.05, 0.1) is 56.6 Å². The number of Topliss-reactive ketones (excluding diaryl/α,β-unsaturated/α-hetero) is 2.